The van der Waals surface area contributed by atoms with E-state index in [9.17, 15) is 13.2 Å². The zero-order valence-electron chi connectivity index (χ0n) is 18.5. The van der Waals surface area contributed by atoms with Gasteiger partial charge in [-0.3, -0.25) is 4.79 Å². The molecule has 10 heteroatoms. The molecular formula is C23H28N2O7S. The van der Waals surface area contributed by atoms with E-state index in [1.54, 1.807) is 18.0 Å². The highest BCUT2D eigenvalue weighted by atomic mass is 32.2. The Morgan fingerprint density at radius 2 is 1.76 bits per heavy atom. The first-order chi connectivity index (χ1) is 15.9. The third-order valence-electron chi connectivity index (χ3n) is 5.36. The summed E-state index contributed by atoms with van der Waals surface area (Å²) in [6.07, 6.45) is 1.07. The lowest BCUT2D eigenvalue weighted by atomic mass is 10.2. The number of nitrogens with one attached hydrogen (secondary N) is 1. The van der Waals surface area contributed by atoms with Crippen LogP contribution in [0.15, 0.2) is 47.4 Å². The molecule has 2 aliphatic rings. The quantitative estimate of drug-likeness (QED) is 0.583. The molecule has 33 heavy (non-hydrogen) atoms. The molecule has 1 N–H and O–H groups in total. The van der Waals surface area contributed by atoms with Crippen molar-refractivity contribution in [1.29, 1.82) is 0 Å². The molecule has 4 rings (SSSR count). The van der Waals surface area contributed by atoms with Gasteiger partial charge in [-0.25, -0.2) is 13.1 Å². The van der Waals surface area contributed by atoms with Gasteiger partial charge in [0.1, 0.15) is 6.61 Å². The van der Waals surface area contributed by atoms with E-state index in [2.05, 4.69) is 4.72 Å². The molecular weight excluding hydrogens is 448 g/mol. The number of benzene rings is 2. The molecule has 2 heterocycles. The molecule has 0 spiro atoms. The Balaban J connectivity index is 1.22. The van der Waals surface area contributed by atoms with Crippen LogP contribution in [0.3, 0.4) is 0 Å². The average molecular weight is 477 g/mol. The summed E-state index contributed by atoms with van der Waals surface area (Å²) < 4.78 is 50.4. The van der Waals surface area contributed by atoms with Gasteiger partial charge in [0.05, 0.1) is 24.7 Å². The van der Waals surface area contributed by atoms with Crippen molar-refractivity contribution in [3.05, 3.63) is 42.5 Å². The van der Waals surface area contributed by atoms with Crippen LogP contribution in [0.1, 0.15) is 19.3 Å². The fraction of sp³-hybridized carbons (Fsp3) is 0.435. The first-order valence-corrected chi connectivity index (χ1v) is 12.4. The molecule has 1 amide bonds. The maximum absolute atomic E-state index is 12.6. The lowest BCUT2D eigenvalue weighted by Gasteiger charge is -2.29. The van der Waals surface area contributed by atoms with Crippen molar-refractivity contribution < 1.29 is 32.2 Å². The smallest absolute Gasteiger partial charge is 0.240 e. The van der Waals surface area contributed by atoms with E-state index in [1.165, 1.54) is 12.1 Å². The highest BCUT2D eigenvalue weighted by molar-refractivity contribution is 7.89. The molecule has 0 saturated heterocycles. The molecule has 178 valence electrons. The van der Waals surface area contributed by atoms with Crippen molar-refractivity contribution in [1.82, 2.24) is 9.62 Å². The molecule has 0 bridgehead atoms. The van der Waals surface area contributed by atoms with Gasteiger partial charge in [-0.05, 0) is 30.7 Å². The van der Waals surface area contributed by atoms with Gasteiger partial charge in [0, 0.05) is 32.5 Å². The Bertz CT molecular complexity index is 1090. The van der Waals surface area contributed by atoms with Gasteiger partial charge in [0.15, 0.2) is 29.1 Å². The monoisotopic (exact) mass is 476 g/mol. The van der Waals surface area contributed by atoms with Crippen LogP contribution in [0, 0.1) is 0 Å². The van der Waals surface area contributed by atoms with Crippen molar-refractivity contribution in [2.24, 2.45) is 0 Å². The number of likely N-dealkylation sites (N-methyl/N-ethyl adjacent to an activating group) is 1. The summed E-state index contributed by atoms with van der Waals surface area (Å²) in [7, 11) is -2.02. The average Bonchev–Trinajstić information content (AvgIpc) is 3.06. The zero-order valence-corrected chi connectivity index (χ0v) is 19.3. The number of ether oxygens (including phenoxy) is 4. The SMILES string of the molecule is CN(CC1COc2ccccc2O1)C(=O)CCCNS(=O)(=O)c1ccc2c(c1)OCCCO2. The van der Waals surface area contributed by atoms with Crippen molar-refractivity contribution in [3.8, 4) is 23.0 Å². The number of carbonyl (C=O) groups is 1. The molecule has 2 aromatic carbocycles. The van der Waals surface area contributed by atoms with Gasteiger partial charge in [-0.2, -0.15) is 0 Å². The number of amides is 1. The summed E-state index contributed by atoms with van der Waals surface area (Å²) in [5.41, 5.74) is 0. The van der Waals surface area contributed by atoms with Crippen LogP contribution in [0.5, 0.6) is 23.0 Å². The first-order valence-electron chi connectivity index (χ1n) is 10.9. The molecule has 1 unspecified atom stereocenters. The summed E-state index contributed by atoms with van der Waals surface area (Å²) >= 11 is 0. The van der Waals surface area contributed by atoms with Crippen molar-refractivity contribution >= 4 is 15.9 Å². The molecule has 2 aliphatic heterocycles. The summed E-state index contributed by atoms with van der Waals surface area (Å²) in [5, 5.41) is 0. The van der Waals surface area contributed by atoms with E-state index in [0.29, 0.717) is 55.8 Å². The number of sulfonamides is 1. The Labute approximate surface area is 193 Å². The lowest BCUT2D eigenvalue weighted by Crippen LogP contribution is -2.41. The van der Waals surface area contributed by atoms with E-state index in [4.69, 9.17) is 18.9 Å². The minimum absolute atomic E-state index is 0.0905. The van der Waals surface area contributed by atoms with Crippen molar-refractivity contribution in [2.45, 2.75) is 30.3 Å². The summed E-state index contributed by atoms with van der Waals surface area (Å²) in [6.45, 7) is 1.91. The predicted octanol–water partition coefficient (Wildman–Crippen LogP) is 2.20. The second-order valence-corrected chi connectivity index (χ2v) is 9.70. The Morgan fingerprint density at radius 1 is 1.03 bits per heavy atom. The van der Waals surface area contributed by atoms with Crippen LogP contribution in [-0.2, 0) is 14.8 Å². The largest absolute Gasteiger partial charge is 0.490 e. The Morgan fingerprint density at radius 3 is 2.58 bits per heavy atom. The van der Waals surface area contributed by atoms with Gasteiger partial charge in [-0.15, -0.1) is 0 Å². The minimum Gasteiger partial charge on any atom is -0.490 e. The molecule has 0 radical (unpaired) electrons. The van der Waals surface area contributed by atoms with Gasteiger partial charge in [-0.1, -0.05) is 12.1 Å². The predicted molar refractivity (Wildman–Crippen MR) is 120 cm³/mol. The number of hydrogen-bond donors (Lipinski definition) is 1. The summed E-state index contributed by atoms with van der Waals surface area (Å²) in [4.78, 5) is 14.2. The van der Waals surface area contributed by atoms with Gasteiger partial charge >= 0.3 is 0 Å². The van der Waals surface area contributed by atoms with E-state index in [1.807, 2.05) is 24.3 Å². The molecule has 0 aliphatic carbocycles. The van der Waals surface area contributed by atoms with Gasteiger partial charge in [0.2, 0.25) is 15.9 Å². The van der Waals surface area contributed by atoms with E-state index in [-0.39, 0.29) is 29.9 Å². The number of carbonyl (C=O) groups excluding carboxylic acids is 1. The second-order valence-electron chi connectivity index (χ2n) is 7.93. The molecule has 0 saturated carbocycles. The van der Waals surface area contributed by atoms with Crippen molar-refractivity contribution in [2.75, 3.05) is 40.0 Å². The summed E-state index contributed by atoms with van der Waals surface area (Å²) in [6, 6.07) is 12.0. The lowest BCUT2D eigenvalue weighted by molar-refractivity contribution is -0.131. The van der Waals surface area contributed by atoms with Crippen LogP contribution < -0.4 is 23.7 Å². The van der Waals surface area contributed by atoms with Gasteiger partial charge in [0.25, 0.3) is 0 Å². The van der Waals surface area contributed by atoms with E-state index >= 15 is 0 Å². The number of fused-ring (bicyclic) bond motifs is 2. The zero-order chi connectivity index (χ0) is 23.3. The highest BCUT2D eigenvalue weighted by Crippen LogP contribution is 2.32. The minimum atomic E-state index is -3.72. The standard InChI is InChI=1S/C23H28N2O7S/c1-25(15-17-16-31-19-6-2-3-7-21(19)32-17)23(26)8-4-11-24-33(27,28)18-9-10-20-22(14-18)30-13-5-12-29-20/h2-3,6-7,9-10,14,17,24H,4-5,8,11-13,15-16H2,1H3. The number of hydrogen-bond acceptors (Lipinski definition) is 7. The second kappa shape index (κ2) is 10.3. The Hall–Kier alpha value is -2.98. The van der Waals surface area contributed by atoms with E-state index in [0.717, 1.165) is 6.42 Å². The van der Waals surface area contributed by atoms with Crippen LogP contribution in [0.2, 0.25) is 0 Å². The highest BCUT2D eigenvalue weighted by Gasteiger charge is 2.24. The third kappa shape index (κ3) is 5.88. The Kier molecular flexibility index (Phi) is 7.24. The molecule has 1 atom stereocenters. The van der Waals surface area contributed by atoms with Crippen LogP contribution in [0.4, 0.5) is 0 Å². The van der Waals surface area contributed by atoms with E-state index < -0.39 is 10.0 Å². The van der Waals surface area contributed by atoms with Crippen LogP contribution in [0.25, 0.3) is 0 Å². The topological polar surface area (TPSA) is 103 Å². The van der Waals surface area contributed by atoms with Gasteiger partial charge < -0.3 is 23.8 Å². The number of para-hydroxylation sites is 2. The normalized spacial score (nSPS) is 17.2. The number of rotatable bonds is 8. The first kappa shape index (κ1) is 23.2. The molecule has 2 aromatic rings. The maximum Gasteiger partial charge on any atom is 0.240 e. The molecule has 0 aromatic heterocycles. The van der Waals surface area contributed by atoms with Crippen molar-refractivity contribution in [3.63, 3.8) is 0 Å². The third-order valence-corrected chi connectivity index (χ3v) is 6.82. The fourth-order valence-electron chi connectivity index (χ4n) is 3.59. The number of nitrogens with zero attached hydrogens (tertiary/aromatic N) is 1. The summed E-state index contributed by atoms with van der Waals surface area (Å²) in [5.74, 6) is 2.23. The molecule has 9 nitrogen and oxygen atoms in total. The molecule has 0 fully saturated rings. The van der Waals surface area contributed by atoms with Crippen LogP contribution >= 0.6 is 0 Å². The fourth-order valence-corrected chi connectivity index (χ4v) is 4.68. The van der Waals surface area contributed by atoms with Crippen LogP contribution in [-0.4, -0.2) is 65.3 Å². The maximum atomic E-state index is 12.6.